The number of H-pyrrole nitrogens is 1. The number of alkyl carbamates (subject to hydrolysis) is 1. The Hall–Kier alpha value is -3.10. The summed E-state index contributed by atoms with van der Waals surface area (Å²) in [5.74, 6) is -0.406. The van der Waals surface area contributed by atoms with Gasteiger partial charge < -0.3 is 20.1 Å². The summed E-state index contributed by atoms with van der Waals surface area (Å²) in [5.41, 5.74) is 2.31. The normalized spacial score (nSPS) is 12.8. The molecule has 0 aliphatic heterocycles. The summed E-state index contributed by atoms with van der Waals surface area (Å²) in [6, 6.07) is 1.60. The zero-order valence-corrected chi connectivity index (χ0v) is 20.1. The third-order valence-electron chi connectivity index (χ3n) is 4.43. The maximum atomic E-state index is 11.5. The van der Waals surface area contributed by atoms with Gasteiger partial charge in [-0.15, -0.1) is 0 Å². The number of hydrogen-bond donors (Lipinski definition) is 3. The van der Waals surface area contributed by atoms with E-state index in [0.29, 0.717) is 11.3 Å². The Morgan fingerprint density at radius 2 is 1.62 bits per heavy atom. The number of nitrogens with one attached hydrogen (secondary N) is 3. The smallest absolute Gasteiger partial charge is 0.407 e. The fraction of sp³-hybridized carbons (Fsp3) is 0.565. The molecule has 178 valence electrons. The average molecular weight is 448 g/mol. The molecule has 0 unspecified atom stereocenters. The number of carbonyl (C=O) groups is 2. The molecule has 32 heavy (non-hydrogen) atoms. The van der Waals surface area contributed by atoms with Gasteiger partial charge in [0.05, 0.1) is 42.1 Å². The number of aromatic nitrogens is 3. The molecule has 0 aromatic carbocycles. The lowest BCUT2D eigenvalue weighted by Crippen LogP contribution is -2.30. The lowest BCUT2D eigenvalue weighted by atomic mass is 10.0. The van der Waals surface area contributed by atoms with Crippen LogP contribution in [0.15, 0.2) is 24.7 Å². The van der Waals surface area contributed by atoms with Gasteiger partial charge in [0.1, 0.15) is 5.60 Å². The molecule has 0 atom stereocenters. The van der Waals surface area contributed by atoms with E-state index >= 15 is 0 Å². The van der Waals surface area contributed by atoms with Crippen LogP contribution in [0.25, 0.3) is 0 Å². The van der Waals surface area contributed by atoms with Gasteiger partial charge in [-0.1, -0.05) is 38.5 Å². The monoisotopic (exact) mass is 447 g/mol. The molecule has 1 fully saturated rings. The first-order valence-corrected chi connectivity index (χ1v) is 10.9. The van der Waals surface area contributed by atoms with Crippen molar-refractivity contribution in [3.05, 3.63) is 35.9 Å². The van der Waals surface area contributed by atoms with Crippen molar-refractivity contribution in [1.82, 2.24) is 20.5 Å². The van der Waals surface area contributed by atoms with Crippen LogP contribution in [0, 0.1) is 6.92 Å². The number of ether oxygens (including phenoxy) is 2. The maximum absolute atomic E-state index is 11.5. The van der Waals surface area contributed by atoms with E-state index in [9.17, 15) is 9.59 Å². The predicted octanol–water partition coefficient (Wildman–Crippen LogP) is 5.12. The molecule has 0 radical (unpaired) electrons. The number of esters is 1. The number of anilines is 2. The summed E-state index contributed by atoms with van der Waals surface area (Å²) in [5, 5.41) is 12.1. The van der Waals surface area contributed by atoms with Crippen LogP contribution in [-0.4, -0.2) is 47.0 Å². The molecule has 0 bridgehead atoms. The average Bonchev–Trinajstić information content (AvgIpc) is 3.19. The highest BCUT2D eigenvalue weighted by atomic mass is 16.6. The lowest BCUT2D eigenvalue weighted by molar-refractivity contribution is 0.0540. The summed E-state index contributed by atoms with van der Waals surface area (Å²) in [7, 11) is 2.88. The summed E-state index contributed by atoms with van der Waals surface area (Å²) in [4.78, 5) is 26.0. The topological polar surface area (TPSA) is 118 Å². The number of carbonyl (C=O) groups excluding carboxylic acids is 2. The largest absolute Gasteiger partial charge is 0.465 e. The highest BCUT2D eigenvalue weighted by molar-refractivity contribution is 5.96. The number of aromatic amines is 1. The molecule has 0 saturated heterocycles. The Morgan fingerprint density at radius 3 is 2.03 bits per heavy atom. The van der Waals surface area contributed by atoms with Crippen LogP contribution < -0.4 is 10.6 Å². The van der Waals surface area contributed by atoms with Gasteiger partial charge in [-0.2, -0.15) is 5.10 Å². The first kappa shape index (κ1) is 26.9. The van der Waals surface area contributed by atoms with Crippen LogP contribution >= 0.6 is 0 Å². The van der Waals surface area contributed by atoms with Crippen molar-refractivity contribution in [2.24, 2.45) is 0 Å². The summed E-state index contributed by atoms with van der Waals surface area (Å²) < 4.78 is 9.53. The number of methoxy groups -OCH3 is 1. The molecule has 2 aromatic heterocycles. The predicted molar refractivity (Wildman–Crippen MR) is 125 cm³/mol. The summed E-state index contributed by atoms with van der Waals surface area (Å²) in [6.45, 7) is 7.34. The van der Waals surface area contributed by atoms with E-state index in [2.05, 4.69) is 25.8 Å². The molecular weight excluding hydrogens is 410 g/mol. The molecule has 9 nitrogen and oxygen atoms in total. The van der Waals surface area contributed by atoms with E-state index in [1.165, 1.54) is 52.7 Å². The van der Waals surface area contributed by atoms with Crippen molar-refractivity contribution in [3.63, 3.8) is 0 Å². The van der Waals surface area contributed by atoms with Crippen molar-refractivity contribution in [3.8, 4) is 0 Å². The molecule has 3 N–H and O–H groups in total. The Labute approximate surface area is 190 Å². The quantitative estimate of drug-likeness (QED) is 0.558. The summed E-state index contributed by atoms with van der Waals surface area (Å²) in [6.07, 6.45) is 13.4. The molecule has 1 saturated carbocycles. The fourth-order valence-electron chi connectivity index (χ4n) is 2.79. The molecule has 2 aromatic rings. The highest BCUT2D eigenvalue weighted by Crippen LogP contribution is 2.21. The Bertz CT molecular complexity index is 814. The number of nitrogens with zero attached hydrogens (tertiary/aromatic N) is 2. The second kappa shape index (κ2) is 14.1. The van der Waals surface area contributed by atoms with Crippen LogP contribution in [0.5, 0.6) is 0 Å². The SMILES string of the molecule is C1CCCCC1.CNC(=O)OC(C)(C)C.COC(=O)c1ccncc1Nc1cn[nH]c1C. The van der Waals surface area contributed by atoms with Crippen molar-refractivity contribution in [2.75, 3.05) is 19.5 Å². The van der Waals surface area contributed by atoms with Gasteiger partial charge in [-0.05, 0) is 33.8 Å². The van der Waals surface area contributed by atoms with Crippen molar-refractivity contribution < 1.29 is 19.1 Å². The minimum absolute atomic E-state index is 0.387. The van der Waals surface area contributed by atoms with Gasteiger partial charge in [-0.25, -0.2) is 9.59 Å². The number of hydrogen-bond acceptors (Lipinski definition) is 7. The Morgan fingerprint density at radius 1 is 1.03 bits per heavy atom. The minimum atomic E-state index is -0.406. The molecule has 9 heteroatoms. The molecule has 3 rings (SSSR count). The van der Waals surface area contributed by atoms with Gasteiger partial charge in [0.15, 0.2) is 0 Å². The van der Waals surface area contributed by atoms with Gasteiger partial charge >= 0.3 is 12.1 Å². The van der Waals surface area contributed by atoms with E-state index in [-0.39, 0.29) is 11.7 Å². The van der Waals surface area contributed by atoms with Crippen LogP contribution in [0.4, 0.5) is 16.2 Å². The highest BCUT2D eigenvalue weighted by Gasteiger charge is 2.14. The van der Waals surface area contributed by atoms with Crippen LogP contribution in [0.1, 0.15) is 75.3 Å². The van der Waals surface area contributed by atoms with Gasteiger partial charge in [0, 0.05) is 13.2 Å². The third kappa shape index (κ3) is 10.8. The van der Waals surface area contributed by atoms with Crippen LogP contribution in [0.2, 0.25) is 0 Å². The molecule has 2 heterocycles. The first-order chi connectivity index (χ1) is 15.2. The number of pyridine rings is 1. The van der Waals surface area contributed by atoms with Crippen molar-refractivity contribution in [2.45, 2.75) is 71.8 Å². The van der Waals surface area contributed by atoms with E-state index in [4.69, 9.17) is 9.47 Å². The molecule has 1 aliphatic carbocycles. The molecule has 1 aliphatic rings. The van der Waals surface area contributed by atoms with Gasteiger partial charge in [0.2, 0.25) is 0 Å². The second-order valence-electron chi connectivity index (χ2n) is 8.32. The number of aryl methyl sites for hydroxylation is 1. The molecular formula is C23H37N5O4. The molecule has 1 amide bonds. The van der Waals surface area contributed by atoms with E-state index in [1.807, 2.05) is 27.7 Å². The Balaban J connectivity index is 0.000000285. The van der Waals surface area contributed by atoms with Crippen molar-refractivity contribution in [1.29, 1.82) is 0 Å². The van der Waals surface area contributed by atoms with E-state index in [1.54, 1.807) is 24.7 Å². The maximum Gasteiger partial charge on any atom is 0.407 e. The second-order valence-corrected chi connectivity index (χ2v) is 8.32. The third-order valence-corrected chi connectivity index (χ3v) is 4.43. The standard InChI is InChI=1S/C11H12N4O2.C6H13NO2.C6H12/c1-7-9(6-13-15-7)14-10-5-12-4-3-8(10)11(16)17-2;1-6(2,3)9-5(8)7-4;1-2-4-6-5-3-1/h3-6,14H,1-2H3,(H,13,15);1-4H3,(H,7,8);1-6H2. The summed E-state index contributed by atoms with van der Waals surface area (Å²) >= 11 is 0. The van der Waals surface area contributed by atoms with Crippen LogP contribution in [0.3, 0.4) is 0 Å². The first-order valence-electron chi connectivity index (χ1n) is 10.9. The van der Waals surface area contributed by atoms with E-state index in [0.717, 1.165) is 11.4 Å². The molecule has 0 spiro atoms. The zero-order valence-electron chi connectivity index (χ0n) is 20.1. The van der Waals surface area contributed by atoms with E-state index < -0.39 is 5.97 Å². The zero-order chi connectivity index (χ0) is 24.0. The van der Waals surface area contributed by atoms with Gasteiger partial charge in [-0.3, -0.25) is 10.1 Å². The fourth-order valence-corrected chi connectivity index (χ4v) is 2.79. The Kier molecular flexibility index (Phi) is 11.8. The van der Waals surface area contributed by atoms with Crippen LogP contribution in [-0.2, 0) is 9.47 Å². The lowest BCUT2D eigenvalue weighted by Gasteiger charge is -2.18. The number of rotatable bonds is 3. The minimum Gasteiger partial charge on any atom is -0.465 e. The van der Waals surface area contributed by atoms with Gasteiger partial charge in [0.25, 0.3) is 0 Å². The van der Waals surface area contributed by atoms with Crippen molar-refractivity contribution >= 4 is 23.4 Å². The number of amides is 1.